The number of hydrazone groups is 1. The standard InChI is InChI=1S/C13H10Cl2N4O/c1-7-10-11(17-13(15)16-7)19(2)18-12(20-10)8-3-5-9(14)6-4-8/h3-6H,1-2H3. The minimum atomic E-state index is 0.168. The van der Waals surface area contributed by atoms with Crippen molar-refractivity contribution in [1.29, 1.82) is 0 Å². The van der Waals surface area contributed by atoms with Gasteiger partial charge in [0.1, 0.15) is 0 Å². The van der Waals surface area contributed by atoms with Crippen molar-refractivity contribution in [3.8, 4) is 5.75 Å². The van der Waals surface area contributed by atoms with Gasteiger partial charge in [0.15, 0.2) is 11.6 Å². The summed E-state index contributed by atoms with van der Waals surface area (Å²) in [7, 11) is 1.78. The quantitative estimate of drug-likeness (QED) is 0.759. The SMILES string of the molecule is Cc1nc(Cl)nc2c1OC(c1ccc(Cl)cc1)=NN2C. The Bertz CT molecular complexity index is 700. The molecule has 3 rings (SSSR count). The molecule has 1 aromatic carbocycles. The van der Waals surface area contributed by atoms with Crippen LogP contribution in [0.1, 0.15) is 11.3 Å². The molecule has 1 aliphatic heterocycles. The van der Waals surface area contributed by atoms with Crippen LogP contribution in [0.25, 0.3) is 0 Å². The molecule has 0 amide bonds. The van der Waals surface area contributed by atoms with Crippen molar-refractivity contribution in [3.63, 3.8) is 0 Å². The van der Waals surface area contributed by atoms with Crippen molar-refractivity contribution in [2.75, 3.05) is 12.1 Å². The zero-order chi connectivity index (χ0) is 14.3. The number of aryl methyl sites for hydroxylation is 1. The fourth-order valence-electron chi connectivity index (χ4n) is 1.86. The van der Waals surface area contributed by atoms with Gasteiger partial charge in [0.2, 0.25) is 11.2 Å². The lowest BCUT2D eigenvalue weighted by Crippen LogP contribution is -2.26. The van der Waals surface area contributed by atoms with Crippen LogP contribution in [0.5, 0.6) is 5.75 Å². The van der Waals surface area contributed by atoms with Crippen LogP contribution in [0, 0.1) is 6.92 Å². The molecule has 0 aliphatic carbocycles. The normalized spacial score (nSPS) is 13.6. The molecule has 0 bridgehead atoms. The fraction of sp³-hybridized carbons (Fsp3) is 0.154. The first kappa shape index (κ1) is 13.1. The molecular formula is C13H10Cl2N4O. The van der Waals surface area contributed by atoms with Crippen molar-refractivity contribution >= 4 is 34.9 Å². The van der Waals surface area contributed by atoms with E-state index >= 15 is 0 Å². The molecule has 7 heteroatoms. The summed E-state index contributed by atoms with van der Waals surface area (Å²) in [5, 5.41) is 6.78. The molecule has 1 aliphatic rings. The molecule has 0 saturated heterocycles. The fourth-order valence-corrected chi connectivity index (χ4v) is 2.20. The number of anilines is 1. The Labute approximate surface area is 125 Å². The maximum Gasteiger partial charge on any atom is 0.244 e. The topological polar surface area (TPSA) is 50.6 Å². The van der Waals surface area contributed by atoms with E-state index in [0.717, 1.165) is 5.56 Å². The molecule has 20 heavy (non-hydrogen) atoms. The van der Waals surface area contributed by atoms with E-state index in [0.29, 0.717) is 28.2 Å². The van der Waals surface area contributed by atoms with Gasteiger partial charge in [-0.05, 0) is 42.8 Å². The highest BCUT2D eigenvalue weighted by molar-refractivity contribution is 6.30. The van der Waals surface area contributed by atoms with E-state index in [1.54, 1.807) is 24.2 Å². The number of hydrogen-bond acceptors (Lipinski definition) is 5. The van der Waals surface area contributed by atoms with Crippen molar-refractivity contribution < 1.29 is 4.74 Å². The van der Waals surface area contributed by atoms with Crippen LogP contribution in [0.2, 0.25) is 10.3 Å². The van der Waals surface area contributed by atoms with Crippen molar-refractivity contribution in [3.05, 3.63) is 45.8 Å². The van der Waals surface area contributed by atoms with Gasteiger partial charge < -0.3 is 4.74 Å². The van der Waals surface area contributed by atoms with Gasteiger partial charge in [-0.25, -0.2) is 9.99 Å². The van der Waals surface area contributed by atoms with E-state index in [1.165, 1.54) is 0 Å². The van der Waals surface area contributed by atoms with Gasteiger partial charge in [-0.15, -0.1) is 5.10 Å². The third-order valence-electron chi connectivity index (χ3n) is 2.83. The number of nitrogens with zero attached hydrogens (tertiary/aromatic N) is 4. The second-order valence-electron chi connectivity index (χ2n) is 4.27. The van der Waals surface area contributed by atoms with Crippen LogP contribution >= 0.6 is 23.2 Å². The Hall–Kier alpha value is -1.85. The molecule has 102 valence electrons. The average molecular weight is 309 g/mol. The molecule has 0 unspecified atom stereocenters. The van der Waals surface area contributed by atoms with E-state index in [-0.39, 0.29) is 5.28 Å². The number of rotatable bonds is 1. The molecule has 0 saturated carbocycles. The van der Waals surface area contributed by atoms with Crippen molar-refractivity contribution in [2.45, 2.75) is 6.92 Å². The number of fused-ring (bicyclic) bond motifs is 1. The van der Waals surface area contributed by atoms with Crippen LogP contribution in [-0.4, -0.2) is 22.9 Å². The second-order valence-corrected chi connectivity index (χ2v) is 5.04. The molecule has 2 aromatic rings. The number of halogens is 2. The van der Waals surface area contributed by atoms with Crippen LogP contribution in [0.15, 0.2) is 29.4 Å². The maximum absolute atomic E-state index is 5.88. The van der Waals surface area contributed by atoms with Gasteiger partial charge in [0, 0.05) is 17.6 Å². The zero-order valence-corrected chi connectivity index (χ0v) is 12.3. The lowest BCUT2D eigenvalue weighted by molar-refractivity contribution is 0.519. The lowest BCUT2D eigenvalue weighted by Gasteiger charge is -2.24. The highest BCUT2D eigenvalue weighted by Gasteiger charge is 2.24. The smallest absolute Gasteiger partial charge is 0.244 e. The summed E-state index contributed by atoms with van der Waals surface area (Å²) in [6, 6.07) is 7.24. The summed E-state index contributed by atoms with van der Waals surface area (Å²) in [6.07, 6.45) is 0. The van der Waals surface area contributed by atoms with E-state index in [1.807, 2.05) is 19.1 Å². The largest absolute Gasteiger partial charge is 0.431 e. The summed E-state index contributed by atoms with van der Waals surface area (Å²) in [5.74, 6) is 1.56. The van der Waals surface area contributed by atoms with Crippen molar-refractivity contribution in [2.24, 2.45) is 5.10 Å². The monoisotopic (exact) mass is 308 g/mol. The predicted molar refractivity (Wildman–Crippen MR) is 78.8 cm³/mol. The summed E-state index contributed by atoms with van der Waals surface area (Å²) < 4.78 is 5.80. The number of aromatic nitrogens is 2. The first-order valence-electron chi connectivity index (χ1n) is 5.85. The Morgan fingerprint density at radius 3 is 2.50 bits per heavy atom. The van der Waals surface area contributed by atoms with E-state index in [9.17, 15) is 0 Å². The van der Waals surface area contributed by atoms with Gasteiger partial charge in [0.25, 0.3) is 0 Å². The van der Waals surface area contributed by atoms with Crippen LogP contribution in [0.4, 0.5) is 5.82 Å². The molecule has 0 spiro atoms. The molecule has 0 fully saturated rings. The van der Waals surface area contributed by atoms with Crippen LogP contribution in [-0.2, 0) is 0 Å². The highest BCUT2D eigenvalue weighted by atomic mass is 35.5. The number of hydrogen-bond donors (Lipinski definition) is 0. The summed E-state index contributed by atoms with van der Waals surface area (Å²) in [4.78, 5) is 8.21. The molecule has 0 N–H and O–H groups in total. The molecule has 2 heterocycles. The third-order valence-corrected chi connectivity index (χ3v) is 3.25. The van der Waals surface area contributed by atoms with Gasteiger partial charge in [-0.1, -0.05) is 11.6 Å². The van der Waals surface area contributed by atoms with Gasteiger partial charge in [0.05, 0.1) is 5.69 Å². The van der Waals surface area contributed by atoms with Gasteiger partial charge in [-0.2, -0.15) is 4.98 Å². The highest BCUT2D eigenvalue weighted by Crippen LogP contribution is 2.33. The molecule has 0 atom stereocenters. The minimum Gasteiger partial charge on any atom is -0.431 e. The van der Waals surface area contributed by atoms with E-state index < -0.39 is 0 Å². The maximum atomic E-state index is 5.88. The summed E-state index contributed by atoms with van der Waals surface area (Å²) in [6.45, 7) is 1.81. The van der Waals surface area contributed by atoms with Gasteiger partial charge in [-0.3, -0.25) is 0 Å². The Morgan fingerprint density at radius 2 is 1.80 bits per heavy atom. The van der Waals surface area contributed by atoms with Crippen molar-refractivity contribution in [1.82, 2.24) is 9.97 Å². The number of ether oxygens (including phenoxy) is 1. The average Bonchev–Trinajstić information content (AvgIpc) is 2.40. The van der Waals surface area contributed by atoms with Crippen LogP contribution in [0.3, 0.4) is 0 Å². The molecule has 5 nitrogen and oxygen atoms in total. The second kappa shape index (κ2) is 4.92. The molecule has 0 radical (unpaired) electrons. The third kappa shape index (κ3) is 2.30. The Kier molecular flexibility index (Phi) is 3.23. The summed E-state index contributed by atoms with van der Waals surface area (Å²) >= 11 is 11.7. The Morgan fingerprint density at radius 1 is 1.10 bits per heavy atom. The molecule has 1 aromatic heterocycles. The van der Waals surface area contributed by atoms with E-state index in [2.05, 4.69) is 15.1 Å². The number of benzene rings is 1. The van der Waals surface area contributed by atoms with Crippen LogP contribution < -0.4 is 9.75 Å². The van der Waals surface area contributed by atoms with E-state index in [4.69, 9.17) is 27.9 Å². The summed E-state index contributed by atoms with van der Waals surface area (Å²) in [5.41, 5.74) is 1.48. The lowest BCUT2D eigenvalue weighted by atomic mass is 10.2. The predicted octanol–water partition coefficient (Wildman–Crippen LogP) is 3.28. The minimum absolute atomic E-state index is 0.168. The Balaban J connectivity index is 2.04. The first-order valence-corrected chi connectivity index (χ1v) is 6.60. The molecular weight excluding hydrogens is 299 g/mol. The zero-order valence-electron chi connectivity index (χ0n) is 10.8. The van der Waals surface area contributed by atoms with Gasteiger partial charge >= 0.3 is 0 Å². The first-order chi connectivity index (χ1) is 9.54.